The van der Waals surface area contributed by atoms with Crippen molar-refractivity contribution in [2.45, 2.75) is 37.2 Å². The fourth-order valence-corrected chi connectivity index (χ4v) is 3.52. The molecule has 2 saturated heterocycles. The van der Waals surface area contributed by atoms with Gasteiger partial charge in [-0.15, -0.1) is 0 Å². The van der Waals surface area contributed by atoms with Crippen molar-refractivity contribution in [1.82, 2.24) is 9.80 Å². The van der Waals surface area contributed by atoms with Gasteiger partial charge in [0.15, 0.2) is 0 Å². The second kappa shape index (κ2) is 6.48. The van der Waals surface area contributed by atoms with E-state index in [1.165, 1.54) is 25.8 Å². The van der Waals surface area contributed by atoms with Crippen LogP contribution in [0.25, 0.3) is 0 Å². The van der Waals surface area contributed by atoms with Crippen LogP contribution in [0.15, 0.2) is 0 Å². The summed E-state index contributed by atoms with van der Waals surface area (Å²) in [5.74, 6) is 0.163. The zero-order valence-corrected chi connectivity index (χ0v) is 11.4. The zero-order chi connectivity index (χ0) is 13.0. The van der Waals surface area contributed by atoms with Gasteiger partial charge in [-0.1, -0.05) is 6.42 Å². The summed E-state index contributed by atoms with van der Waals surface area (Å²) >= 11 is 0.108. The minimum Gasteiger partial charge on any atom is -0.301 e. The molecule has 0 saturated carbocycles. The van der Waals surface area contributed by atoms with Crippen molar-refractivity contribution in [3.63, 3.8) is 0 Å². The minimum atomic E-state index is -4.08. The molecule has 0 aromatic heterocycles. The molecule has 0 aromatic rings. The van der Waals surface area contributed by atoms with Crippen molar-refractivity contribution in [3.05, 3.63) is 0 Å². The molecule has 1 atom stereocenters. The van der Waals surface area contributed by atoms with E-state index in [4.69, 9.17) is 0 Å². The molecule has 0 radical (unpaired) electrons. The van der Waals surface area contributed by atoms with Gasteiger partial charge in [0, 0.05) is 24.9 Å². The fraction of sp³-hybridized carbons (Fsp3) is 1.00. The molecule has 0 N–H and O–H groups in total. The smallest absolute Gasteiger partial charge is 0.301 e. The average Bonchev–Trinajstić information content (AvgIpc) is 2.49. The third-order valence-electron chi connectivity index (χ3n) is 3.81. The number of nitrogens with zero attached hydrogens (tertiary/aromatic N) is 2. The van der Waals surface area contributed by atoms with Crippen molar-refractivity contribution in [1.29, 1.82) is 0 Å². The highest BCUT2D eigenvalue weighted by atomic mass is 32.2. The molecule has 0 amide bonds. The monoisotopic (exact) mass is 282 g/mol. The van der Waals surface area contributed by atoms with Crippen LogP contribution in [-0.2, 0) is 0 Å². The van der Waals surface area contributed by atoms with Crippen LogP contribution in [0.4, 0.5) is 13.2 Å². The van der Waals surface area contributed by atoms with Crippen LogP contribution in [0.2, 0.25) is 0 Å². The predicted octanol–water partition coefficient (Wildman–Crippen LogP) is 2.80. The first kappa shape index (κ1) is 14.5. The van der Waals surface area contributed by atoms with Crippen molar-refractivity contribution < 1.29 is 13.2 Å². The number of rotatable bonds is 3. The Bertz CT molecular complexity index is 260. The van der Waals surface area contributed by atoms with Gasteiger partial charge < -0.3 is 4.90 Å². The van der Waals surface area contributed by atoms with Gasteiger partial charge >= 0.3 is 5.51 Å². The quantitative estimate of drug-likeness (QED) is 0.786. The summed E-state index contributed by atoms with van der Waals surface area (Å²) in [7, 11) is 0. The molecule has 0 spiro atoms. The molecule has 2 aliphatic heterocycles. The van der Waals surface area contributed by atoms with E-state index in [0.717, 1.165) is 26.1 Å². The molecule has 0 aliphatic carbocycles. The summed E-state index contributed by atoms with van der Waals surface area (Å²) in [5.41, 5.74) is -4.08. The van der Waals surface area contributed by atoms with Gasteiger partial charge in [0.1, 0.15) is 0 Å². The largest absolute Gasteiger partial charge is 0.441 e. The van der Waals surface area contributed by atoms with E-state index in [-0.39, 0.29) is 17.5 Å². The Labute approximate surface area is 111 Å². The van der Waals surface area contributed by atoms with Crippen LogP contribution in [0.5, 0.6) is 0 Å². The number of piperidine rings is 1. The van der Waals surface area contributed by atoms with Crippen LogP contribution >= 0.6 is 11.8 Å². The summed E-state index contributed by atoms with van der Waals surface area (Å²) in [6, 6.07) is 0.581. The highest BCUT2D eigenvalue weighted by Gasteiger charge is 2.30. The van der Waals surface area contributed by atoms with Crippen molar-refractivity contribution in [2.24, 2.45) is 0 Å². The van der Waals surface area contributed by atoms with Gasteiger partial charge in [-0.25, -0.2) is 0 Å². The van der Waals surface area contributed by atoms with Gasteiger partial charge in [0.2, 0.25) is 0 Å². The maximum atomic E-state index is 12.1. The first-order chi connectivity index (χ1) is 8.54. The Morgan fingerprint density at radius 1 is 1.06 bits per heavy atom. The van der Waals surface area contributed by atoms with Crippen molar-refractivity contribution in [2.75, 3.05) is 38.5 Å². The van der Waals surface area contributed by atoms with Gasteiger partial charge in [-0.2, -0.15) is 13.2 Å². The van der Waals surface area contributed by atoms with Crippen molar-refractivity contribution >= 4 is 11.8 Å². The van der Waals surface area contributed by atoms with Crippen LogP contribution in [0.1, 0.15) is 25.7 Å². The average molecular weight is 282 g/mol. The Hall–Kier alpha value is 0.0600. The van der Waals surface area contributed by atoms with Gasteiger partial charge in [-0.05, 0) is 50.7 Å². The Morgan fingerprint density at radius 3 is 2.61 bits per heavy atom. The molecule has 0 bridgehead atoms. The number of thioether (sulfide) groups is 1. The van der Waals surface area contributed by atoms with E-state index < -0.39 is 5.51 Å². The number of fused-ring (bicyclic) bond motifs is 1. The molecule has 6 heteroatoms. The highest BCUT2D eigenvalue weighted by molar-refractivity contribution is 8.00. The van der Waals surface area contributed by atoms with Crippen LogP contribution in [-0.4, -0.2) is 59.8 Å². The van der Waals surface area contributed by atoms with Crippen LogP contribution in [0, 0.1) is 0 Å². The second-order valence-electron chi connectivity index (χ2n) is 5.13. The minimum absolute atomic E-state index is 0.108. The maximum absolute atomic E-state index is 12.1. The van der Waals surface area contributed by atoms with E-state index in [2.05, 4.69) is 9.80 Å². The summed E-state index contributed by atoms with van der Waals surface area (Å²) in [6.07, 6.45) is 4.85. The second-order valence-corrected chi connectivity index (χ2v) is 6.29. The standard InChI is InChI=1S/C12H21F3N2S/c13-12(14,15)18-9-8-16-5-3-7-17-6-2-1-4-11(17)10-16/h11H,1-10H2. The number of halogens is 3. The van der Waals surface area contributed by atoms with E-state index in [0.29, 0.717) is 12.6 Å². The van der Waals surface area contributed by atoms with E-state index in [1.807, 2.05) is 0 Å². The Balaban J connectivity index is 1.75. The molecule has 2 heterocycles. The molecular weight excluding hydrogens is 261 g/mol. The van der Waals surface area contributed by atoms with Crippen LogP contribution < -0.4 is 0 Å². The van der Waals surface area contributed by atoms with Crippen LogP contribution in [0.3, 0.4) is 0 Å². The number of hydrogen-bond acceptors (Lipinski definition) is 3. The third kappa shape index (κ3) is 4.63. The third-order valence-corrected chi connectivity index (χ3v) is 4.52. The lowest BCUT2D eigenvalue weighted by Gasteiger charge is -2.35. The van der Waals surface area contributed by atoms with E-state index in [9.17, 15) is 13.2 Å². The SMILES string of the molecule is FC(F)(F)SCCN1CCCN2CCCCC2C1. The molecule has 18 heavy (non-hydrogen) atoms. The number of alkyl halides is 3. The predicted molar refractivity (Wildman–Crippen MR) is 68.8 cm³/mol. The molecular formula is C12H21F3N2S. The van der Waals surface area contributed by atoms with Gasteiger partial charge in [-0.3, -0.25) is 4.90 Å². The van der Waals surface area contributed by atoms with Gasteiger partial charge in [0.05, 0.1) is 0 Å². The Kier molecular flexibility index (Phi) is 5.21. The molecule has 0 aromatic carbocycles. The van der Waals surface area contributed by atoms with Crippen molar-refractivity contribution in [3.8, 4) is 0 Å². The summed E-state index contributed by atoms with van der Waals surface area (Å²) in [4.78, 5) is 4.75. The first-order valence-electron chi connectivity index (χ1n) is 6.72. The molecule has 2 aliphatic rings. The lowest BCUT2D eigenvalue weighted by Crippen LogP contribution is -2.44. The molecule has 1 unspecified atom stereocenters. The summed E-state index contributed by atoms with van der Waals surface area (Å²) in [6.45, 7) is 4.77. The number of hydrogen-bond donors (Lipinski definition) is 0. The van der Waals surface area contributed by atoms with E-state index in [1.54, 1.807) is 0 Å². The lowest BCUT2D eigenvalue weighted by molar-refractivity contribution is -0.0328. The first-order valence-corrected chi connectivity index (χ1v) is 7.70. The summed E-state index contributed by atoms with van der Waals surface area (Å²) < 4.78 is 36.3. The summed E-state index contributed by atoms with van der Waals surface area (Å²) in [5, 5.41) is 0. The topological polar surface area (TPSA) is 6.48 Å². The molecule has 2 rings (SSSR count). The Morgan fingerprint density at radius 2 is 1.83 bits per heavy atom. The molecule has 106 valence electrons. The van der Waals surface area contributed by atoms with Gasteiger partial charge in [0.25, 0.3) is 0 Å². The normalized spacial score (nSPS) is 27.8. The zero-order valence-electron chi connectivity index (χ0n) is 10.6. The fourth-order valence-electron chi connectivity index (χ4n) is 2.94. The molecule has 2 fully saturated rings. The lowest BCUT2D eigenvalue weighted by atomic mass is 10.0. The van der Waals surface area contributed by atoms with E-state index >= 15 is 0 Å². The highest BCUT2D eigenvalue weighted by Crippen LogP contribution is 2.30. The maximum Gasteiger partial charge on any atom is 0.441 e. The molecule has 2 nitrogen and oxygen atoms in total.